The van der Waals surface area contributed by atoms with Crippen molar-refractivity contribution in [3.8, 4) is 0 Å². The van der Waals surface area contributed by atoms with Crippen LogP contribution < -0.4 is 5.73 Å². The van der Waals surface area contributed by atoms with E-state index in [-0.39, 0.29) is 6.04 Å². The van der Waals surface area contributed by atoms with Crippen molar-refractivity contribution in [1.29, 1.82) is 0 Å². The number of nitrogens with two attached hydrogens (primary N) is 1. The minimum atomic E-state index is -0.0260. The molecule has 2 heterocycles. The number of rotatable bonds is 5. The molecule has 0 aliphatic rings. The van der Waals surface area contributed by atoms with Gasteiger partial charge in [0.2, 0.25) is 0 Å². The summed E-state index contributed by atoms with van der Waals surface area (Å²) in [6.45, 7) is 5.06. The molecule has 0 saturated carbocycles. The molecule has 0 amide bonds. The second kappa shape index (κ2) is 5.78. The normalized spacial score (nSPS) is 12.6. The summed E-state index contributed by atoms with van der Waals surface area (Å²) < 4.78 is 2.00. The van der Waals surface area contributed by atoms with Crippen molar-refractivity contribution in [2.24, 2.45) is 5.73 Å². The molecule has 1 atom stereocenters. The van der Waals surface area contributed by atoms with Crippen LogP contribution in [0, 0.1) is 0 Å². The Kier molecular flexibility index (Phi) is 4.10. The maximum absolute atomic E-state index is 6.28. The van der Waals surface area contributed by atoms with E-state index in [0.29, 0.717) is 0 Å². The molecular weight excluding hydrogens is 224 g/mol. The monoisotopic (exact) mass is 244 g/mol. The number of nitrogens with zero attached hydrogens (tertiary/aromatic N) is 3. The third-order valence-electron chi connectivity index (χ3n) is 3.08. The maximum Gasteiger partial charge on any atom is 0.0625 e. The van der Waals surface area contributed by atoms with Gasteiger partial charge in [0.25, 0.3) is 0 Å². The maximum atomic E-state index is 6.28. The zero-order valence-corrected chi connectivity index (χ0v) is 11.0. The third kappa shape index (κ3) is 2.76. The van der Waals surface area contributed by atoms with Crippen LogP contribution in [0.4, 0.5) is 0 Å². The van der Waals surface area contributed by atoms with E-state index in [2.05, 4.69) is 36.1 Å². The standard InChI is InChI=1S/C14H20N4/c1-3-12-9-14(18(4-2)17-12)13(15)8-11-6-5-7-16-10-11/h5-7,9-10,13H,3-4,8,15H2,1-2H3. The molecule has 96 valence electrons. The molecular formula is C14H20N4. The van der Waals surface area contributed by atoms with Crippen molar-refractivity contribution in [3.63, 3.8) is 0 Å². The molecule has 0 aliphatic heterocycles. The highest BCUT2D eigenvalue weighted by molar-refractivity contribution is 5.18. The molecule has 0 aliphatic carbocycles. The Labute approximate surface area is 108 Å². The Bertz CT molecular complexity index is 490. The lowest BCUT2D eigenvalue weighted by Crippen LogP contribution is -2.18. The predicted molar refractivity (Wildman–Crippen MR) is 72.1 cm³/mol. The van der Waals surface area contributed by atoms with Crippen LogP contribution in [0.5, 0.6) is 0 Å². The summed E-state index contributed by atoms with van der Waals surface area (Å²) in [7, 11) is 0. The Balaban J connectivity index is 2.17. The molecule has 0 fully saturated rings. The predicted octanol–water partition coefficient (Wildman–Crippen LogP) is 2.10. The van der Waals surface area contributed by atoms with Gasteiger partial charge in [-0.2, -0.15) is 5.10 Å². The van der Waals surface area contributed by atoms with Gasteiger partial charge in [-0.05, 0) is 37.5 Å². The number of hydrogen-bond donors (Lipinski definition) is 1. The SMILES string of the molecule is CCc1cc(C(N)Cc2cccnc2)n(CC)n1. The lowest BCUT2D eigenvalue weighted by Gasteiger charge is -2.13. The fourth-order valence-electron chi connectivity index (χ4n) is 2.09. The highest BCUT2D eigenvalue weighted by Gasteiger charge is 2.14. The summed E-state index contributed by atoms with van der Waals surface area (Å²) in [5.41, 5.74) is 9.66. The molecule has 0 bridgehead atoms. The zero-order valence-electron chi connectivity index (χ0n) is 11.0. The van der Waals surface area contributed by atoms with E-state index in [0.717, 1.165) is 36.3 Å². The average Bonchev–Trinajstić information content (AvgIpc) is 2.83. The van der Waals surface area contributed by atoms with Gasteiger partial charge in [-0.25, -0.2) is 0 Å². The first kappa shape index (κ1) is 12.8. The molecule has 2 N–H and O–H groups in total. The Hall–Kier alpha value is -1.68. The summed E-state index contributed by atoms with van der Waals surface area (Å²) >= 11 is 0. The Morgan fingerprint density at radius 1 is 1.39 bits per heavy atom. The number of hydrogen-bond acceptors (Lipinski definition) is 3. The molecule has 0 spiro atoms. The first-order chi connectivity index (χ1) is 8.74. The van der Waals surface area contributed by atoms with Gasteiger partial charge in [-0.1, -0.05) is 13.0 Å². The minimum Gasteiger partial charge on any atom is -0.322 e. The van der Waals surface area contributed by atoms with Crippen LogP contribution in [0.15, 0.2) is 30.6 Å². The highest BCUT2D eigenvalue weighted by atomic mass is 15.3. The van der Waals surface area contributed by atoms with Crippen LogP contribution >= 0.6 is 0 Å². The first-order valence-corrected chi connectivity index (χ1v) is 6.45. The van der Waals surface area contributed by atoms with Crippen LogP contribution in [0.1, 0.15) is 36.8 Å². The molecule has 0 aromatic carbocycles. The zero-order chi connectivity index (χ0) is 13.0. The van der Waals surface area contributed by atoms with Gasteiger partial charge in [0.1, 0.15) is 0 Å². The van der Waals surface area contributed by atoms with E-state index < -0.39 is 0 Å². The number of pyridine rings is 1. The van der Waals surface area contributed by atoms with E-state index in [4.69, 9.17) is 5.73 Å². The lowest BCUT2D eigenvalue weighted by atomic mass is 10.1. The van der Waals surface area contributed by atoms with Crippen molar-refractivity contribution in [1.82, 2.24) is 14.8 Å². The van der Waals surface area contributed by atoms with Gasteiger partial charge in [0.15, 0.2) is 0 Å². The highest BCUT2D eigenvalue weighted by Crippen LogP contribution is 2.17. The fourth-order valence-corrected chi connectivity index (χ4v) is 2.09. The van der Waals surface area contributed by atoms with E-state index in [1.807, 2.05) is 16.9 Å². The minimum absolute atomic E-state index is 0.0260. The van der Waals surface area contributed by atoms with Gasteiger partial charge in [0.05, 0.1) is 17.4 Å². The van der Waals surface area contributed by atoms with Crippen molar-refractivity contribution < 1.29 is 0 Å². The fraction of sp³-hybridized carbons (Fsp3) is 0.429. The van der Waals surface area contributed by atoms with Gasteiger partial charge in [0, 0.05) is 18.9 Å². The summed E-state index contributed by atoms with van der Waals surface area (Å²) in [4.78, 5) is 4.12. The second-order valence-corrected chi connectivity index (χ2v) is 4.40. The molecule has 2 aromatic rings. The van der Waals surface area contributed by atoms with Crippen LogP contribution in [0.25, 0.3) is 0 Å². The molecule has 18 heavy (non-hydrogen) atoms. The largest absolute Gasteiger partial charge is 0.322 e. The molecule has 4 nitrogen and oxygen atoms in total. The molecule has 4 heteroatoms. The number of aryl methyl sites for hydroxylation is 2. The van der Waals surface area contributed by atoms with Crippen molar-refractivity contribution in [2.45, 2.75) is 39.3 Å². The Morgan fingerprint density at radius 3 is 2.83 bits per heavy atom. The average molecular weight is 244 g/mol. The van der Waals surface area contributed by atoms with Crippen molar-refractivity contribution in [2.75, 3.05) is 0 Å². The van der Waals surface area contributed by atoms with Crippen LogP contribution in [-0.4, -0.2) is 14.8 Å². The van der Waals surface area contributed by atoms with E-state index >= 15 is 0 Å². The summed E-state index contributed by atoms with van der Waals surface area (Å²) in [6.07, 6.45) is 5.38. The molecule has 0 saturated heterocycles. The van der Waals surface area contributed by atoms with Crippen LogP contribution in [0.2, 0.25) is 0 Å². The van der Waals surface area contributed by atoms with E-state index in [9.17, 15) is 0 Å². The number of aromatic nitrogens is 3. The van der Waals surface area contributed by atoms with Crippen LogP contribution in [0.3, 0.4) is 0 Å². The second-order valence-electron chi connectivity index (χ2n) is 4.40. The summed E-state index contributed by atoms with van der Waals surface area (Å²) in [5.74, 6) is 0. The summed E-state index contributed by atoms with van der Waals surface area (Å²) in [5, 5.41) is 4.53. The molecule has 2 aromatic heterocycles. The lowest BCUT2D eigenvalue weighted by molar-refractivity contribution is 0.564. The third-order valence-corrected chi connectivity index (χ3v) is 3.08. The van der Waals surface area contributed by atoms with Gasteiger partial charge in [-0.15, -0.1) is 0 Å². The smallest absolute Gasteiger partial charge is 0.0625 e. The molecule has 0 radical (unpaired) electrons. The van der Waals surface area contributed by atoms with Gasteiger partial charge < -0.3 is 5.73 Å². The van der Waals surface area contributed by atoms with Gasteiger partial charge >= 0.3 is 0 Å². The van der Waals surface area contributed by atoms with Gasteiger partial charge in [-0.3, -0.25) is 9.67 Å². The van der Waals surface area contributed by atoms with Crippen LogP contribution in [-0.2, 0) is 19.4 Å². The topological polar surface area (TPSA) is 56.7 Å². The quantitative estimate of drug-likeness (QED) is 0.876. The molecule has 1 unspecified atom stereocenters. The summed E-state index contributed by atoms with van der Waals surface area (Å²) in [6, 6.07) is 6.09. The van der Waals surface area contributed by atoms with E-state index in [1.54, 1.807) is 6.20 Å². The van der Waals surface area contributed by atoms with Crippen molar-refractivity contribution in [3.05, 3.63) is 47.5 Å². The molecule has 2 rings (SSSR count). The first-order valence-electron chi connectivity index (χ1n) is 6.45. The van der Waals surface area contributed by atoms with Crippen molar-refractivity contribution >= 4 is 0 Å². The Morgan fingerprint density at radius 2 is 2.22 bits per heavy atom. The van der Waals surface area contributed by atoms with E-state index in [1.165, 1.54) is 0 Å².